The fraction of sp³-hybridized carbons (Fsp3) is 0. The molecule has 29 heavy (non-hydrogen) atoms. The lowest BCUT2D eigenvalue weighted by molar-refractivity contribution is 0.0957. The summed E-state index contributed by atoms with van der Waals surface area (Å²) in [6.45, 7) is 0. The molecular formula is C23H15Br2N3O. The second kappa shape index (κ2) is 8.68. The highest BCUT2D eigenvalue weighted by molar-refractivity contribution is 9.10. The predicted octanol–water partition coefficient (Wildman–Crippen LogP) is 6.19. The normalized spacial score (nSPS) is 11.1. The van der Waals surface area contributed by atoms with Crippen molar-refractivity contribution in [2.75, 3.05) is 0 Å². The van der Waals surface area contributed by atoms with E-state index in [9.17, 15) is 4.79 Å². The van der Waals surface area contributed by atoms with E-state index in [2.05, 4.69) is 42.4 Å². The van der Waals surface area contributed by atoms with Crippen LogP contribution in [0.4, 0.5) is 0 Å². The molecule has 0 spiro atoms. The van der Waals surface area contributed by atoms with Crippen LogP contribution in [-0.2, 0) is 0 Å². The average molecular weight is 509 g/mol. The third kappa shape index (κ3) is 4.60. The Balaban J connectivity index is 1.67. The molecule has 0 saturated heterocycles. The van der Waals surface area contributed by atoms with Gasteiger partial charge in [0.1, 0.15) is 0 Å². The number of rotatable bonds is 4. The summed E-state index contributed by atoms with van der Waals surface area (Å²) in [7, 11) is 0. The summed E-state index contributed by atoms with van der Waals surface area (Å²) >= 11 is 6.84. The maximum absolute atomic E-state index is 12.9. The van der Waals surface area contributed by atoms with Crippen molar-refractivity contribution in [3.05, 3.63) is 98.9 Å². The van der Waals surface area contributed by atoms with Crippen molar-refractivity contribution in [3.63, 3.8) is 0 Å². The quantitative estimate of drug-likeness (QED) is 0.264. The van der Waals surface area contributed by atoms with Gasteiger partial charge in [-0.1, -0.05) is 74.3 Å². The first-order valence-corrected chi connectivity index (χ1v) is 10.4. The average Bonchev–Trinajstić information content (AvgIpc) is 2.75. The van der Waals surface area contributed by atoms with Gasteiger partial charge in [0.25, 0.3) is 5.91 Å². The minimum Gasteiger partial charge on any atom is -0.267 e. The number of fused-ring (bicyclic) bond motifs is 1. The molecule has 1 aromatic heterocycles. The number of hydrogen-bond donors (Lipinski definition) is 1. The molecular weight excluding hydrogens is 494 g/mol. The number of carbonyl (C=O) groups is 1. The minimum absolute atomic E-state index is 0.282. The molecule has 0 bridgehead atoms. The third-order valence-corrected chi connectivity index (χ3v) is 5.41. The fourth-order valence-corrected chi connectivity index (χ4v) is 3.43. The molecule has 0 aliphatic heterocycles. The largest absolute Gasteiger partial charge is 0.272 e. The highest BCUT2D eigenvalue weighted by Crippen LogP contribution is 2.26. The van der Waals surface area contributed by atoms with E-state index >= 15 is 0 Å². The minimum atomic E-state index is -0.282. The number of nitrogens with one attached hydrogen (secondary N) is 1. The van der Waals surface area contributed by atoms with Crippen LogP contribution in [0.25, 0.3) is 22.2 Å². The lowest BCUT2D eigenvalue weighted by atomic mass is 10.0. The smallest absolute Gasteiger partial charge is 0.267 e. The summed E-state index contributed by atoms with van der Waals surface area (Å²) in [5, 5.41) is 4.88. The van der Waals surface area contributed by atoms with Gasteiger partial charge in [-0.25, -0.2) is 10.4 Å². The van der Waals surface area contributed by atoms with Gasteiger partial charge < -0.3 is 0 Å². The van der Waals surface area contributed by atoms with Crippen LogP contribution < -0.4 is 5.43 Å². The Labute approximate surface area is 184 Å². The summed E-state index contributed by atoms with van der Waals surface area (Å²) in [4.78, 5) is 17.6. The van der Waals surface area contributed by atoms with Crippen LogP contribution in [0.3, 0.4) is 0 Å². The van der Waals surface area contributed by atoms with E-state index in [1.165, 1.54) is 0 Å². The van der Waals surface area contributed by atoms with Crippen molar-refractivity contribution >= 4 is 54.9 Å². The monoisotopic (exact) mass is 507 g/mol. The zero-order valence-corrected chi connectivity index (χ0v) is 18.3. The van der Waals surface area contributed by atoms with Crippen LogP contribution in [0.15, 0.2) is 92.9 Å². The molecule has 0 saturated carbocycles. The maximum Gasteiger partial charge on any atom is 0.272 e. The van der Waals surface area contributed by atoms with E-state index < -0.39 is 0 Å². The predicted molar refractivity (Wildman–Crippen MR) is 124 cm³/mol. The van der Waals surface area contributed by atoms with Gasteiger partial charge in [0, 0.05) is 19.9 Å². The van der Waals surface area contributed by atoms with Crippen molar-refractivity contribution in [1.29, 1.82) is 0 Å². The van der Waals surface area contributed by atoms with Gasteiger partial charge in [-0.2, -0.15) is 5.10 Å². The highest BCUT2D eigenvalue weighted by Gasteiger charge is 2.13. The van der Waals surface area contributed by atoms with Crippen molar-refractivity contribution in [2.24, 2.45) is 5.10 Å². The number of aromatic nitrogens is 1. The van der Waals surface area contributed by atoms with Crippen LogP contribution in [0, 0.1) is 0 Å². The molecule has 1 amide bonds. The van der Waals surface area contributed by atoms with E-state index in [1.807, 2.05) is 72.8 Å². The van der Waals surface area contributed by atoms with Crippen molar-refractivity contribution < 1.29 is 4.79 Å². The third-order valence-electron chi connectivity index (χ3n) is 4.35. The Morgan fingerprint density at radius 3 is 2.28 bits per heavy atom. The van der Waals surface area contributed by atoms with Crippen molar-refractivity contribution in [2.45, 2.75) is 0 Å². The van der Waals surface area contributed by atoms with E-state index in [4.69, 9.17) is 4.98 Å². The SMILES string of the molecule is O=C(N/N=C/c1ccc(Br)cc1)c1cc(-c2ccc(Br)cc2)nc2ccccc12. The Kier molecular flexibility index (Phi) is 5.83. The first kappa shape index (κ1) is 19.5. The zero-order chi connectivity index (χ0) is 20.2. The summed E-state index contributed by atoms with van der Waals surface area (Å²) < 4.78 is 1.98. The lowest BCUT2D eigenvalue weighted by Gasteiger charge is -2.09. The zero-order valence-electron chi connectivity index (χ0n) is 15.1. The van der Waals surface area contributed by atoms with E-state index in [0.29, 0.717) is 5.56 Å². The molecule has 6 heteroatoms. The van der Waals surface area contributed by atoms with Gasteiger partial charge in [-0.05, 0) is 42.0 Å². The Morgan fingerprint density at radius 2 is 1.55 bits per heavy atom. The lowest BCUT2D eigenvalue weighted by Crippen LogP contribution is -2.18. The van der Waals surface area contributed by atoms with E-state index in [1.54, 1.807) is 12.3 Å². The molecule has 1 N–H and O–H groups in total. The molecule has 0 fully saturated rings. The number of amides is 1. The number of halogens is 2. The summed E-state index contributed by atoms with van der Waals surface area (Å²) in [6.07, 6.45) is 1.61. The molecule has 4 aromatic rings. The number of pyridine rings is 1. The summed E-state index contributed by atoms with van der Waals surface area (Å²) in [6, 6.07) is 24.9. The van der Waals surface area contributed by atoms with Crippen LogP contribution in [0.2, 0.25) is 0 Å². The molecule has 142 valence electrons. The number of para-hydroxylation sites is 1. The van der Waals surface area contributed by atoms with Gasteiger partial charge in [0.2, 0.25) is 0 Å². The number of hydrogen-bond acceptors (Lipinski definition) is 3. The molecule has 1 heterocycles. The van der Waals surface area contributed by atoms with Gasteiger partial charge >= 0.3 is 0 Å². The Bertz CT molecular complexity index is 1200. The van der Waals surface area contributed by atoms with Crippen LogP contribution in [0.5, 0.6) is 0 Å². The van der Waals surface area contributed by atoms with Crippen molar-refractivity contribution in [3.8, 4) is 11.3 Å². The number of hydrazone groups is 1. The Hall–Kier alpha value is -2.83. The first-order valence-electron chi connectivity index (χ1n) is 8.85. The van der Waals surface area contributed by atoms with Gasteiger partial charge in [-0.3, -0.25) is 4.79 Å². The van der Waals surface area contributed by atoms with Crippen LogP contribution in [0.1, 0.15) is 15.9 Å². The van der Waals surface area contributed by atoms with Crippen LogP contribution in [-0.4, -0.2) is 17.1 Å². The number of carbonyl (C=O) groups excluding carboxylic acids is 1. The van der Waals surface area contributed by atoms with Gasteiger partial charge in [-0.15, -0.1) is 0 Å². The Morgan fingerprint density at radius 1 is 0.897 bits per heavy atom. The molecule has 0 aliphatic rings. The molecule has 0 unspecified atom stereocenters. The number of nitrogens with zero attached hydrogens (tertiary/aromatic N) is 2. The maximum atomic E-state index is 12.9. The molecule has 4 rings (SSSR count). The second-order valence-corrected chi connectivity index (χ2v) is 8.16. The first-order chi connectivity index (χ1) is 14.1. The summed E-state index contributed by atoms with van der Waals surface area (Å²) in [5.74, 6) is -0.282. The summed E-state index contributed by atoms with van der Waals surface area (Å²) in [5.41, 5.74) is 6.48. The van der Waals surface area contributed by atoms with Crippen LogP contribution >= 0.6 is 31.9 Å². The fourth-order valence-electron chi connectivity index (χ4n) is 2.91. The second-order valence-electron chi connectivity index (χ2n) is 6.33. The number of benzene rings is 3. The topological polar surface area (TPSA) is 54.4 Å². The molecule has 3 aromatic carbocycles. The highest BCUT2D eigenvalue weighted by atomic mass is 79.9. The van der Waals surface area contributed by atoms with Gasteiger partial charge in [0.15, 0.2) is 0 Å². The van der Waals surface area contributed by atoms with Crippen molar-refractivity contribution in [1.82, 2.24) is 10.4 Å². The standard InChI is InChI=1S/C23H15Br2N3O/c24-17-9-5-15(6-10-17)14-26-28-23(29)20-13-22(16-7-11-18(25)12-8-16)27-21-4-2-1-3-19(20)21/h1-14H,(H,28,29)/b26-14+. The van der Waals surface area contributed by atoms with E-state index in [-0.39, 0.29) is 5.91 Å². The van der Waals surface area contributed by atoms with E-state index in [0.717, 1.165) is 36.7 Å². The molecule has 0 atom stereocenters. The van der Waals surface area contributed by atoms with Gasteiger partial charge in [0.05, 0.1) is 23.0 Å². The molecule has 0 radical (unpaired) electrons. The molecule has 4 nitrogen and oxygen atoms in total. The molecule has 0 aliphatic carbocycles.